The van der Waals surface area contributed by atoms with Crippen LogP contribution in [0.5, 0.6) is 0 Å². The lowest BCUT2D eigenvalue weighted by Crippen LogP contribution is -2.30. The fourth-order valence-corrected chi connectivity index (χ4v) is 3.27. The highest BCUT2D eigenvalue weighted by Crippen LogP contribution is 2.46. The number of nitrogens with one attached hydrogen (secondary N) is 1. The molecule has 0 bridgehead atoms. The first-order chi connectivity index (χ1) is 12.3. The van der Waals surface area contributed by atoms with Crippen molar-refractivity contribution in [2.45, 2.75) is 45.6 Å². The number of rotatable bonds is 7. The van der Waals surface area contributed by atoms with Gasteiger partial charge in [-0.15, -0.1) is 0 Å². The molecule has 0 radical (unpaired) electrons. The molecule has 1 aliphatic carbocycles. The van der Waals surface area contributed by atoms with E-state index in [2.05, 4.69) is 31.0 Å². The molecule has 0 saturated heterocycles. The van der Waals surface area contributed by atoms with Crippen molar-refractivity contribution in [2.75, 3.05) is 7.11 Å². The van der Waals surface area contributed by atoms with Gasteiger partial charge in [-0.3, -0.25) is 4.79 Å². The van der Waals surface area contributed by atoms with E-state index >= 15 is 0 Å². The van der Waals surface area contributed by atoms with E-state index in [0.717, 1.165) is 23.6 Å². The van der Waals surface area contributed by atoms with E-state index < -0.39 is 0 Å². The number of amides is 1. The Morgan fingerprint density at radius 2 is 1.88 bits per heavy atom. The Morgan fingerprint density at radius 1 is 1.27 bits per heavy atom. The van der Waals surface area contributed by atoms with Gasteiger partial charge >= 0.3 is 0 Å². The number of benzene rings is 1. The van der Waals surface area contributed by atoms with Crippen LogP contribution in [-0.4, -0.2) is 19.1 Å². The first-order valence-electron chi connectivity index (χ1n) is 8.99. The maximum Gasteiger partial charge on any atom is 0.250 e. The molecule has 0 heterocycles. The van der Waals surface area contributed by atoms with Crippen LogP contribution in [-0.2, 0) is 9.53 Å². The Bertz CT molecular complexity index is 710. The molecule has 4 heteroatoms. The van der Waals surface area contributed by atoms with E-state index in [1.165, 1.54) is 11.1 Å². The molecule has 1 aromatic rings. The zero-order chi connectivity index (χ0) is 19.3. The van der Waals surface area contributed by atoms with E-state index in [-0.39, 0.29) is 11.9 Å². The van der Waals surface area contributed by atoms with Gasteiger partial charge < -0.3 is 10.1 Å². The number of hydrogen-bond acceptors (Lipinski definition) is 2. The van der Waals surface area contributed by atoms with E-state index in [1.54, 1.807) is 13.2 Å². The summed E-state index contributed by atoms with van der Waals surface area (Å²) in [5.41, 5.74) is 2.98. The van der Waals surface area contributed by atoms with Gasteiger partial charge in [0, 0.05) is 16.6 Å². The van der Waals surface area contributed by atoms with Crippen molar-refractivity contribution in [3.8, 4) is 0 Å². The molecular formula is C22H28ClNO2. The topological polar surface area (TPSA) is 38.3 Å². The molecule has 26 heavy (non-hydrogen) atoms. The molecule has 1 amide bonds. The highest BCUT2D eigenvalue weighted by atomic mass is 35.5. The highest BCUT2D eigenvalue weighted by Gasteiger charge is 2.32. The van der Waals surface area contributed by atoms with Crippen molar-refractivity contribution < 1.29 is 9.53 Å². The van der Waals surface area contributed by atoms with Crippen molar-refractivity contribution in [1.29, 1.82) is 0 Å². The van der Waals surface area contributed by atoms with Crippen molar-refractivity contribution in [2.24, 2.45) is 5.92 Å². The van der Waals surface area contributed by atoms with Crippen molar-refractivity contribution in [1.82, 2.24) is 5.32 Å². The van der Waals surface area contributed by atoms with E-state index in [4.69, 9.17) is 16.3 Å². The van der Waals surface area contributed by atoms with E-state index in [0.29, 0.717) is 17.4 Å². The number of methoxy groups -OCH3 is 1. The fraction of sp³-hybridized carbons (Fsp3) is 0.409. The second-order valence-electron chi connectivity index (χ2n) is 7.15. The molecular weight excluding hydrogens is 346 g/mol. The SMILES string of the molecule is C=C(/C=C\C(OC)=C(/C)C1CC(c2ccc(Cl)cc2)C1)C(=O)NC(C)C. The van der Waals surface area contributed by atoms with E-state index in [1.807, 2.05) is 32.1 Å². The maximum atomic E-state index is 11.9. The Kier molecular flexibility index (Phi) is 7.10. The molecule has 0 aliphatic heterocycles. The van der Waals surface area contributed by atoms with Gasteiger partial charge in [-0.25, -0.2) is 0 Å². The van der Waals surface area contributed by atoms with Crippen LogP contribution in [0.1, 0.15) is 45.1 Å². The minimum atomic E-state index is -0.157. The van der Waals surface area contributed by atoms with Crippen LogP contribution in [0, 0.1) is 5.92 Å². The summed E-state index contributed by atoms with van der Waals surface area (Å²) in [7, 11) is 1.66. The lowest BCUT2D eigenvalue weighted by atomic mass is 9.68. The summed E-state index contributed by atoms with van der Waals surface area (Å²) in [5, 5.41) is 3.60. The number of carbonyl (C=O) groups excluding carboxylic acids is 1. The van der Waals surface area contributed by atoms with Crippen LogP contribution < -0.4 is 5.32 Å². The quantitative estimate of drug-likeness (QED) is 0.395. The number of hydrogen-bond donors (Lipinski definition) is 1. The highest BCUT2D eigenvalue weighted by molar-refractivity contribution is 6.30. The molecule has 1 aliphatic rings. The number of halogens is 1. The Balaban J connectivity index is 1.98. The van der Waals surface area contributed by atoms with Crippen LogP contribution in [0.25, 0.3) is 0 Å². The second kappa shape index (κ2) is 9.09. The number of ether oxygens (including phenoxy) is 1. The molecule has 1 fully saturated rings. The summed E-state index contributed by atoms with van der Waals surface area (Å²) < 4.78 is 5.54. The monoisotopic (exact) mass is 373 g/mol. The third kappa shape index (κ3) is 5.25. The molecule has 1 N–H and O–H groups in total. The maximum absolute atomic E-state index is 11.9. The zero-order valence-electron chi connectivity index (χ0n) is 16.0. The summed E-state index contributed by atoms with van der Waals surface area (Å²) in [5.74, 6) is 1.72. The van der Waals surface area contributed by atoms with Gasteiger partial charge in [0.1, 0.15) is 5.76 Å². The molecule has 2 rings (SSSR count). The molecule has 3 nitrogen and oxygen atoms in total. The molecule has 0 unspecified atom stereocenters. The summed E-state index contributed by atoms with van der Waals surface area (Å²) >= 11 is 5.96. The Morgan fingerprint density at radius 3 is 2.42 bits per heavy atom. The van der Waals surface area contributed by atoms with Crippen LogP contribution in [0.2, 0.25) is 5.02 Å². The summed E-state index contributed by atoms with van der Waals surface area (Å²) in [4.78, 5) is 11.9. The predicted molar refractivity (Wildman–Crippen MR) is 108 cm³/mol. The summed E-state index contributed by atoms with van der Waals surface area (Å²) in [6.45, 7) is 9.77. The third-order valence-corrected chi connectivity index (χ3v) is 5.10. The van der Waals surface area contributed by atoms with Crippen molar-refractivity contribution in [3.05, 3.63) is 70.5 Å². The minimum Gasteiger partial charge on any atom is -0.497 e. The first kappa shape index (κ1) is 20.3. The van der Waals surface area contributed by atoms with Gasteiger partial charge in [-0.1, -0.05) is 30.3 Å². The van der Waals surface area contributed by atoms with Crippen LogP contribution in [0.3, 0.4) is 0 Å². The normalized spacial score (nSPS) is 20.5. The summed E-state index contributed by atoms with van der Waals surface area (Å²) in [6, 6.07) is 8.20. The van der Waals surface area contributed by atoms with Crippen LogP contribution >= 0.6 is 11.6 Å². The van der Waals surface area contributed by atoms with Gasteiger partial charge in [0.25, 0.3) is 5.91 Å². The average Bonchev–Trinajstić information content (AvgIpc) is 2.55. The minimum absolute atomic E-state index is 0.0894. The molecule has 1 saturated carbocycles. The predicted octanol–water partition coefficient (Wildman–Crippen LogP) is 5.39. The van der Waals surface area contributed by atoms with Gasteiger partial charge in [0.2, 0.25) is 0 Å². The van der Waals surface area contributed by atoms with E-state index in [9.17, 15) is 4.79 Å². The van der Waals surface area contributed by atoms with Gasteiger partial charge in [-0.2, -0.15) is 0 Å². The Hall–Kier alpha value is -2.00. The number of allylic oxidation sites excluding steroid dienone is 2. The average molecular weight is 374 g/mol. The lowest BCUT2D eigenvalue weighted by molar-refractivity contribution is -0.117. The standard InChI is InChI=1S/C22H28ClNO2/c1-14(2)24-22(25)15(3)6-11-21(26-5)16(4)18-12-19(13-18)17-7-9-20(23)10-8-17/h6-11,14,18-19H,3,12-13H2,1-2,4-5H3,(H,24,25)/b11-6-,21-16-. The zero-order valence-corrected chi connectivity index (χ0v) is 16.8. The molecule has 140 valence electrons. The molecule has 0 aromatic heterocycles. The van der Waals surface area contributed by atoms with Crippen molar-refractivity contribution in [3.63, 3.8) is 0 Å². The largest absolute Gasteiger partial charge is 0.497 e. The second-order valence-corrected chi connectivity index (χ2v) is 7.59. The van der Waals surface area contributed by atoms with Gasteiger partial charge in [0.15, 0.2) is 0 Å². The van der Waals surface area contributed by atoms with Crippen LogP contribution in [0.15, 0.2) is 59.9 Å². The molecule has 1 aromatic carbocycles. The molecule has 0 spiro atoms. The fourth-order valence-electron chi connectivity index (χ4n) is 3.15. The van der Waals surface area contributed by atoms with Gasteiger partial charge in [0.05, 0.1) is 7.11 Å². The van der Waals surface area contributed by atoms with Crippen LogP contribution in [0.4, 0.5) is 0 Å². The Labute approximate surface area is 161 Å². The lowest BCUT2D eigenvalue weighted by Gasteiger charge is -2.37. The number of carbonyl (C=O) groups is 1. The van der Waals surface area contributed by atoms with Crippen molar-refractivity contribution >= 4 is 17.5 Å². The van der Waals surface area contributed by atoms with Gasteiger partial charge in [-0.05, 0) is 80.9 Å². The summed E-state index contributed by atoms with van der Waals surface area (Å²) in [6.07, 6.45) is 5.76. The smallest absolute Gasteiger partial charge is 0.250 e. The first-order valence-corrected chi connectivity index (χ1v) is 9.37. The molecule has 0 atom stereocenters. The third-order valence-electron chi connectivity index (χ3n) is 4.85.